The van der Waals surface area contributed by atoms with Gasteiger partial charge in [0, 0.05) is 6.54 Å². The summed E-state index contributed by atoms with van der Waals surface area (Å²) >= 11 is 0. The molecule has 0 unspecified atom stereocenters. The van der Waals surface area contributed by atoms with E-state index in [1.807, 2.05) is 0 Å². The third kappa shape index (κ3) is 8.70. The number of carbonyl (C=O) groups is 1. The minimum Gasteiger partial charge on any atom is -0.386 e. The van der Waals surface area contributed by atoms with Crippen LogP contribution in [0.3, 0.4) is 0 Å². The van der Waals surface area contributed by atoms with Gasteiger partial charge in [-0.1, -0.05) is 0 Å². The third-order valence-corrected chi connectivity index (χ3v) is 0.803. The minimum absolute atomic E-state index is 0.0379. The van der Waals surface area contributed by atoms with Gasteiger partial charge in [-0.15, -0.1) is 0 Å². The van der Waals surface area contributed by atoms with E-state index in [1.54, 1.807) is 0 Å². The van der Waals surface area contributed by atoms with Crippen LogP contribution in [0.2, 0.25) is 0 Å². The van der Waals surface area contributed by atoms with Crippen molar-refractivity contribution in [3.8, 4) is 0 Å². The lowest BCUT2D eigenvalue weighted by atomic mass is 10.6. The third-order valence-electron chi connectivity index (χ3n) is 0.803. The maximum atomic E-state index is 10.1. The molecule has 0 aromatic carbocycles. The van der Waals surface area contributed by atoms with Crippen LogP contribution >= 0.6 is 0 Å². The molecule has 0 heterocycles. The molecule has 0 spiro atoms. The van der Waals surface area contributed by atoms with Crippen LogP contribution in [0.15, 0.2) is 0 Å². The van der Waals surface area contributed by atoms with E-state index in [-0.39, 0.29) is 12.4 Å². The van der Waals surface area contributed by atoms with Crippen molar-refractivity contribution in [2.75, 3.05) is 19.8 Å². The molecule has 6 heteroatoms. The Balaban J connectivity index is 3.03. The molecule has 0 bridgehead atoms. The summed E-state index contributed by atoms with van der Waals surface area (Å²) in [7, 11) is 0. The monoisotopic (exact) mass is 160 g/mol. The first-order valence-corrected chi connectivity index (χ1v) is 3.07. The average Bonchev–Trinajstić information content (AvgIpc) is 1.85. The van der Waals surface area contributed by atoms with Gasteiger partial charge in [-0.3, -0.25) is 5.41 Å². The molecular formula is C5H12N4O2. The zero-order valence-corrected chi connectivity index (χ0v) is 6.09. The van der Waals surface area contributed by atoms with Crippen LogP contribution in [0.25, 0.3) is 0 Å². The number of hydrogen-bond donors (Lipinski definition) is 4. The van der Waals surface area contributed by atoms with Crippen molar-refractivity contribution in [2.45, 2.75) is 0 Å². The highest BCUT2D eigenvalue weighted by molar-refractivity contribution is 5.78. The summed E-state index contributed by atoms with van der Waals surface area (Å²) in [6.45, 7) is 0.728. The van der Waals surface area contributed by atoms with Gasteiger partial charge in [0.1, 0.15) is 12.4 Å². The second-order valence-electron chi connectivity index (χ2n) is 1.87. The van der Waals surface area contributed by atoms with Crippen molar-refractivity contribution in [2.24, 2.45) is 11.5 Å². The summed E-state index contributed by atoms with van der Waals surface area (Å²) in [5, 5.41) is 9.08. The number of carbonyl (C=O) groups excluding carboxylic acids is 1. The number of urea groups is 1. The number of nitrogens with two attached hydrogens (primary N) is 2. The van der Waals surface area contributed by atoms with Crippen LogP contribution in [0.4, 0.5) is 4.79 Å². The Morgan fingerprint density at radius 1 is 1.55 bits per heavy atom. The van der Waals surface area contributed by atoms with Crippen molar-refractivity contribution < 1.29 is 9.53 Å². The van der Waals surface area contributed by atoms with Gasteiger partial charge in [0.2, 0.25) is 0 Å². The molecule has 0 aliphatic carbocycles. The molecule has 0 aromatic rings. The van der Waals surface area contributed by atoms with E-state index in [0.29, 0.717) is 13.2 Å². The van der Waals surface area contributed by atoms with E-state index in [2.05, 4.69) is 5.32 Å². The van der Waals surface area contributed by atoms with Crippen molar-refractivity contribution in [3.63, 3.8) is 0 Å². The highest BCUT2D eigenvalue weighted by Crippen LogP contribution is 1.71. The van der Waals surface area contributed by atoms with Crippen LogP contribution in [0.5, 0.6) is 0 Å². The standard InChI is InChI=1S/C5H12N4O2/c6-4(7)3-11-2-1-9-5(8)10/h1-3H2,(H3,6,7)(H3,8,9,10). The van der Waals surface area contributed by atoms with Crippen molar-refractivity contribution in [3.05, 3.63) is 0 Å². The van der Waals surface area contributed by atoms with E-state index in [1.165, 1.54) is 0 Å². The average molecular weight is 160 g/mol. The number of hydrogen-bond acceptors (Lipinski definition) is 3. The van der Waals surface area contributed by atoms with Crippen molar-refractivity contribution >= 4 is 11.9 Å². The lowest BCUT2D eigenvalue weighted by Gasteiger charge is -2.02. The fourth-order valence-corrected chi connectivity index (χ4v) is 0.429. The zero-order chi connectivity index (χ0) is 8.69. The van der Waals surface area contributed by atoms with E-state index >= 15 is 0 Å². The summed E-state index contributed by atoms with van der Waals surface area (Å²) < 4.78 is 4.83. The van der Waals surface area contributed by atoms with Crippen LogP contribution in [0.1, 0.15) is 0 Å². The predicted molar refractivity (Wildman–Crippen MR) is 40.3 cm³/mol. The Morgan fingerprint density at radius 2 is 2.18 bits per heavy atom. The fraction of sp³-hybridized carbons (Fsp3) is 0.600. The largest absolute Gasteiger partial charge is 0.386 e. The van der Waals surface area contributed by atoms with E-state index in [0.717, 1.165) is 0 Å². The van der Waals surface area contributed by atoms with Gasteiger partial charge in [0.25, 0.3) is 0 Å². The zero-order valence-electron chi connectivity index (χ0n) is 6.09. The fourth-order valence-electron chi connectivity index (χ4n) is 0.429. The molecule has 6 N–H and O–H groups in total. The summed E-state index contributed by atoms with van der Waals surface area (Å²) in [6.07, 6.45) is 0. The predicted octanol–water partition coefficient (Wildman–Crippen LogP) is -1.39. The van der Waals surface area contributed by atoms with Gasteiger partial charge in [-0.2, -0.15) is 0 Å². The first-order chi connectivity index (χ1) is 5.13. The Labute approximate surface area is 64.4 Å². The Hall–Kier alpha value is -1.30. The molecule has 0 aromatic heterocycles. The normalized spacial score (nSPS) is 9.09. The summed E-state index contributed by atoms with van der Waals surface area (Å²) in [5.74, 6) is -0.0379. The van der Waals surface area contributed by atoms with Crippen LogP contribution < -0.4 is 16.8 Å². The molecule has 64 valence electrons. The summed E-state index contributed by atoms with van der Waals surface area (Å²) in [5.41, 5.74) is 9.74. The van der Waals surface area contributed by atoms with Gasteiger partial charge < -0.3 is 21.5 Å². The Bertz CT molecular complexity index is 131. The molecule has 6 nitrogen and oxygen atoms in total. The van der Waals surface area contributed by atoms with Crippen molar-refractivity contribution in [1.82, 2.24) is 5.32 Å². The maximum Gasteiger partial charge on any atom is 0.312 e. The molecule has 0 aliphatic heterocycles. The van der Waals surface area contributed by atoms with Crippen LogP contribution in [-0.4, -0.2) is 31.6 Å². The smallest absolute Gasteiger partial charge is 0.312 e. The molecule has 0 saturated carbocycles. The molecular weight excluding hydrogens is 148 g/mol. The van der Waals surface area contributed by atoms with E-state index < -0.39 is 6.03 Å². The van der Waals surface area contributed by atoms with Gasteiger partial charge in [0.05, 0.1) is 6.61 Å². The molecule has 0 fully saturated rings. The molecule has 11 heavy (non-hydrogen) atoms. The highest BCUT2D eigenvalue weighted by Gasteiger charge is 1.91. The second-order valence-corrected chi connectivity index (χ2v) is 1.87. The number of ether oxygens (including phenoxy) is 1. The topological polar surface area (TPSA) is 114 Å². The van der Waals surface area contributed by atoms with Crippen LogP contribution in [0, 0.1) is 5.41 Å². The van der Waals surface area contributed by atoms with Gasteiger partial charge >= 0.3 is 6.03 Å². The second kappa shape index (κ2) is 5.48. The summed E-state index contributed by atoms with van der Waals surface area (Å²) in [4.78, 5) is 10.1. The highest BCUT2D eigenvalue weighted by atomic mass is 16.5. The number of amidine groups is 1. The van der Waals surface area contributed by atoms with E-state index in [4.69, 9.17) is 21.6 Å². The van der Waals surface area contributed by atoms with Gasteiger partial charge in [-0.05, 0) is 0 Å². The molecule has 0 rings (SSSR count). The lowest BCUT2D eigenvalue weighted by molar-refractivity contribution is 0.172. The molecule has 0 aliphatic rings. The molecule has 0 radical (unpaired) electrons. The lowest BCUT2D eigenvalue weighted by Crippen LogP contribution is -2.32. The van der Waals surface area contributed by atoms with E-state index in [9.17, 15) is 4.79 Å². The quantitative estimate of drug-likeness (QED) is 0.225. The number of amides is 2. The van der Waals surface area contributed by atoms with Crippen LogP contribution in [-0.2, 0) is 4.74 Å². The first-order valence-electron chi connectivity index (χ1n) is 3.07. The van der Waals surface area contributed by atoms with Crippen molar-refractivity contribution in [1.29, 1.82) is 5.41 Å². The maximum absolute atomic E-state index is 10.1. The van der Waals surface area contributed by atoms with Gasteiger partial charge in [-0.25, -0.2) is 4.79 Å². The SMILES string of the molecule is N=C(N)COCCNC(N)=O. The Morgan fingerprint density at radius 3 is 2.64 bits per heavy atom. The number of nitrogens with one attached hydrogen (secondary N) is 2. The Kier molecular flexibility index (Phi) is 4.83. The first kappa shape index (κ1) is 9.70. The van der Waals surface area contributed by atoms with Gasteiger partial charge in [0.15, 0.2) is 0 Å². The minimum atomic E-state index is -0.587. The summed E-state index contributed by atoms with van der Waals surface area (Å²) in [6, 6.07) is -0.587. The molecule has 2 amide bonds. The number of rotatable bonds is 5. The molecule has 0 atom stereocenters. The molecule has 0 saturated heterocycles. The number of primary amides is 1.